The number of aryl methyl sites for hydroxylation is 2. The molecule has 0 unspecified atom stereocenters. The molecule has 96 valence electrons. The first-order valence-electron chi connectivity index (χ1n) is 5.36. The molecule has 2 aromatic heterocycles. The lowest BCUT2D eigenvalue weighted by atomic mass is 10.3. The van der Waals surface area contributed by atoms with E-state index in [0.29, 0.717) is 11.8 Å². The predicted molar refractivity (Wildman–Crippen MR) is 72.2 cm³/mol. The molecule has 0 bridgehead atoms. The number of methoxy groups -OCH3 is 1. The van der Waals surface area contributed by atoms with E-state index in [1.54, 1.807) is 13.3 Å². The minimum atomic E-state index is 0.481. The standard InChI is InChI=1S/C11H14BrN5O/c1-6-9(7(2)17(3)16-6)14-11-13-5-8(12)10(15-11)18-4/h5H,1-4H3,(H,13,14,15). The number of halogens is 1. The molecule has 0 atom stereocenters. The van der Waals surface area contributed by atoms with Gasteiger partial charge in [0.2, 0.25) is 11.8 Å². The van der Waals surface area contributed by atoms with Crippen LogP contribution >= 0.6 is 15.9 Å². The molecule has 0 aliphatic heterocycles. The summed E-state index contributed by atoms with van der Waals surface area (Å²) in [5, 5.41) is 7.48. The lowest BCUT2D eigenvalue weighted by molar-refractivity contribution is 0.394. The molecule has 0 aliphatic rings. The van der Waals surface area contributed by atoms with Crippen molar-refractivity contribution in [2.75, 3.05) is 12.4 Å². The second-order valence-corrected chi connectivity index (χ2v) is 4.70. The number of rotatable bonds is 3. The van der Waals surface area contributed by atoms with Crippen LogP contribution in [0.2, 0.25) is 0 Å². The summed E-state index contributed by atoms with van der Waals surface area (Å²) in [7, 11) is 3.47. The molecule has 2 aromatic rings. The Morgan fingerprint density at radius 2 is 2.11 bits per heavy atom. The van der Waals surface area contributed by atoms with E-state index in [1.807, 2.05) is 25.6 Å². The number of ether oxygens (including phenoxy) is 1. The maximum Gasteiger partial charge on any atom is 0.232 e. The average molecular weight is 312 g/mol. The molecule has 7 heteroatoms. The van der Waals surface area contributed by atoms with Gasteiger partial charge in [0.25, 0.3) is 0 Å². The number of nitrogens with one attached hydrogen (secondary N) is 1. The molecule has 0 aromatic carbocycles. The summed E-state index contributed by atoms with van der Waals surface area (Å²) in [4.78, 5) is 8.44. The lowest BCUT2D eigenvalue weighted by Gasteiger charge is -2.07. The van der Waals surface area contributed by atoms with E-state index >= 15 is 0 Å². The Bertz CT molecular complexity index is 581. The van der Waals surface area contributed by atoms with Crippen molar-refractivity contribution in [3.63, 3.8) is 0 Å². The Morgan fingerprint density at radius 1 is 1.39 bits per heavy atom. The first-order valence-corrected chi connectivity index (χ1v) is 6.16. The number of aromatic nitrogens is 4. The minimum Gasteiger partial charge on any atom is -0.480 e. The zero-order valence-corrected chi connectivity index (χ0v) is 12.2. The molecule has 0 saturated carbocycles. The first-order chi connectivity index (χ1) is 8.52. The van der Waals surface area contributed by atoms with Gasteiger partial charge in [0.1, 0.15) is 0 Å². The quantitative estimate of drug-likeness (QED) is 0.942. The van der Waals surface area contributed by atoms with Crippen molar-refractivity contribution in [1.82, 2.24) is 19.7 Å². The number of nitrogens with zero attached hydrogens (tertiary/aromatic N) is 4. The van der Waals surface area contributed by atoms with Gasteiger partial charge in [0.15, 0.2) is 0 Å². The first kappa shape index (κ1) is 12.8. The highest BCUT2D eigenvalue weighted by molar-refractivity contribution is 9.10. The molecule has 6 nitrogen and oxygen atoms in total. The van der Waals surface area contributed by atoms with Crippen LogP contribution in [-0.4, -0.2) is 26.9 Å². The molecule has 0 radical (unpaired) electrons. The zero-order chi connectivity index (χ0) is 13.3. The fourth-order valence-corrected chi connectivity index (χ4v) is 1.97. The van der Waals surface area contributed by atoms with Crippen molar-refractivity contribution >= 4 is 27.6 Å². The van der Waals surface area contributed by atoms with Crippen molar-refractivity contribution in [3.05, 3.63) is 22.1 Å². The Balaban J connectivity index is 2.34. The molecule has 2 rings (SSSR count). The lowest BCUT2D eigenvalue weighted by Crippen LogP contribution is -2.01. The monoisotopic (exact) mass is 311 g/mol. The van der Waals surface area contributed by atoms with Crippen LogP contribution in [0.5, 0.6) is 5.88 Å². The van der Waals surface area contributed by atoms with E-state index in [9.17, 15) is 0 Å². The zero-order valence-electron chi connectivity index (χ0n) is 10.7. The molecule has 2 heterocycles. The molecule has 0 saturated heterocycles. The smallest absolute Gasteiger partial charge is 0.232 e. The second kappa shape index (κ2) is 4.93. The Morgan fingerprint density at radius 3 is 2.67 bits per heavy atom. The third-order valence-corrected chi connectivity index (χ3v) is 3.20. The third-order valence-electron chi connectivity index (χ3n) is 2.65. The summed E-state index contributed by atoms with van der Waals surface area (Å²) in [5.74, 6) is 0.973. The fraction of sp³-hybridized carbons (Fsp3) is 0.364. The van der Waals surface area contributed by atoms with Gasteiger partial charge in [-0.25, -0.2) is 4.98 Å². The van der Waals surface area contributed by atoms with Crippen LogP contribution in [0, 0.1) is 13.8 Å². The van der Waals surface area contributed by atoms with Gasteiger partial charge in [0, 0.05) is 7.05 Å². The van der Waals surface area contributed by atoms with Gasteiger partial charge in [-0.2, -0.15) is 10.1 Å². The Labute approximate surface area is 114 Å². The van der Waals surface area contributed by atoms with Gasteiger partial charge in [-0.3, -0.25) is 4.68 Å². The average Bonchev–Trinajstić information content (AvgIpc) is 2.58. The van der Waals surface area contributed by atoms with E-state index in [4.69, 9.17) is 4.74 Å². The van der Waals surface area contributed by atoms with E-state index in [-0.39, 0.29) is 0 Å². The maximum atomic E-state index is 5.13. The Hall–Kier alpha value is -1.63. The molecule has 0 fully saturated rings. The van der Waals surface area contributed by atoms with Gasteiger partial charge in [0.05, 0.1) is 34.9 Å². The fourth-order valence-electron chi connectivity index (χ4n) is 1.62. The maximum absolute atomic E-state index is 5.13. The van der Waals surface area contributed by atoms with Crippen molar-refractivity contribution in [2.45, 2.75) is 13.8 Å². The summed E-state index contributed by atoms with van der Waals surface area (Å²) in [6, 6.07) is 0. The summed E-state index contributed by atoms with van der Waals surface area (Å²) in [5.41, 5.74) is 2.85. The van der Waals surface area contributed by atoms with E-state index in [1.165, 1.54) is 0 Å². The number of hydrogen-bond acceptors (Lipinski definition) is 5. The van der Waals surface area contributed by atoms with E-state index in [0.717, 1.165) is 21.5 Å². The summed E-state index contributed by atoms with van der Waals surface area (Å²) in [6.45, 7) is 3.92. The van der Waals surface area contributed by atoms with Crippen LogP contribution in [0.3, 0.4) is 0 Å². The largest absolute Gasteiger partial charge is 0.480 e. The van der Waals surface area contributed by atoms with Crippen molar-refractivity contribution in [2.24, 2.45) is 7.05 Å². The van der Waals surface area contributed by atoms with E-state index in [2.05, 4.69) is 36.3 Å². The van der Waals surface area contributed by atoms with Gasteiger partial charge in [-0.05, 0) is 29.8 Å². The van der Waals surface area contributed by atoms with Gasteiger partial charge >= 0.3 is 0 Å². The highest BCUT2D eigenvalue weighted by atomic mass is 79.9. The number of hydrogen-bond donors (Lipinski definition) is 1. The highest BCUT2D eigenvalue weighted by Crippen LogP contribution is 2.25. The van der Waals surface area contributed by atoms with Crippen LogP contribution in [0.1, 0.15) is 11.4 Å². The van der Waals surface area contributed by atoms with Crippen molar-refractivity contribution < 1.29 is 4.74 Å². The second-order valence-electron chi connectivity index (χ2n) is 3.85. The molecular formula is C11H14BrN5O. The topological polar surface area (TPSA) is 64.9 Å². The molecule has 0 amide bonds. The van der Waals surface area contributed by atoms with Crippen LogP contribution < -0.4 is 10.1 Å². The van der Waals surface area contributed by atoms with Gasteiger partial charge in [-0.15, -0.1) is 0 Å². The predicted octanol–water partition coefficient (Wildman–Crippen LogP) is 2.34. The molecule has 1 N–H and O–H groups in total. The SMILES string of the molecule is COc1nc(Nc2c(C)nn(C)c2C)ncc1Br. The number of anilines is 2. The summed E-state index contributed by atoms with van der Waals surface area (Å²) in [6.07, 6.45) is 1.65. The van der Waals surface area contributed by atoms with Crippen molar-refractivity contribution in [3.8, 4) is 5.88 Å². The van der Waals surface area contributed by atoms with Crippen molar-refractivity contribution in [1.29, 1.82) is 0 Å². The molecule has 0 spiro atoms. The molecule has 0 aliphatic carbocycles. The summed E-state index contributed by atoms with van der Waals surface area (Å²) >= 11 is 3.31. The van der Waals surface area contributed by atoms with Gasteiger partial charge < -0.3 is 10.1 Å². The highest BCUT2D eigenvalue weighted by Gasteiger charge is 2.12. The van der Waals surface area contributed by atoms with Gasteiger partial charge in [-0.1, -0.05) is 0 Å². The normalized spacial score (nSPS) is 10.5. The van der Waals surface area contributed by atoms with Crippen LogP contribution in [-0.2, 0) is 7.05 Å². The van der Waals surface area contributed by atoms with Crippen LogP contribution in [0.25, 0.3) is 0 Å². The molecule has 18 heavy (non-hydrogen) atoms. The van der Waals surface area contributed by atoms with E-state index < -0.39 is 0 Å². The minimum absolute atomic E-state index is 0.481. The van der Waals surface area contributed by atoms with Crippen LogP contribution in [0.15, 0.2) is 10.7 Å². The molecular weight excluding hydrogens is 298 g/mol. The van der Waals surface area contributed by atoms with Crippen LogP contribution in [0.4, 0.5) is 11.6 Å². The Kier molecular flexibility index (Phi) is 3.51. The third kappa shape index (κ3) is 2.31. The summed E-state index contributed by atoms with van der Waals surface area (Å²) < 4.78 is 7.66.